The minimum absolute atomic E-state index is 0.616. The van der Waals surface area contributed by atoms with Gasteiger partial charge in [0.1, 0.15) is 22.6 Å². The molecule has 1 N–H and O–H groups in total. The molecular formula is C27H24N6. The third-order valence-electron chi connectivity index (χ3n) is 5.79. The second kappa shape index (κ2) is 7.98. The van der Waals surface area contributed by atoms with Crippen molar-refractivity contribution in [2.24, 2.45) is 7.05 Å². The zero-order valence-electron chi connectivity index (χ0n) is 18.9. The summed E-state index contributed by atoms with van der Waals surface area (Å²) in [6.45, 7) is 12.1. The van der Waals surface area contributed by atoms with E-state index in [2.05, 4.69) is 18.1 Å². The number of benzene rings is 1. The van der Waals surface area contributed by atoms with Gasteiger partial charge in [0.25, 0.3) is 0 Å². The first-order valence-electron chi connectivity index (χ1n) is 10.8. The molecule has 4 heterocycles. The van der Waals surface area contributed by atoms with Gasteiger partial charge < -0.3 is 9.55 Å². The Labute approximate surface area is 192 Å². The summed E-state index contributed by atoms with van der Waals surface area (Å²) in [6, 6.07) is 8.03. The number of aryl methyl sites for hydroxylation is 1. The summed E-state index contributed by atoms with van der Waals surface area (Å²) < 4.78 is 1.98. The Kier molecular flexibility index (Phi) is 4.98. The predicted octanol–water partition coefficient (Wildman–Crippen LogP) is 6.36. The van der Waals surface area contributed by atoms with Crippen molar-refractivity contribution >= 4 is 46.9 Å². The molecule has 5 rings (SSSR count). The molecule has 0 spiro atoms. The highest BCUT2D eigenvalue weighted by Crippen LogP contribution is 2.35. The summed E-state index contributed by atoms with van der Waals surface area (Å²) in [6.07, 6.45) is 11.6. The lowest BCUT2D eigenvalue weighted by molar-refractivity contribution is 0.964. The van der Waals surface area contributed by atoms with E-state index < -0.39 is 0 Å². The lowest BCUT2D eigenvalue weighted by Gasteiger charge is -1.98. The fraction of sp³-hybridized carbons (Fsp3) is 0.111. The molecule has 0 saturated heterocycles. The zero-order chi connectivity index (χ0) is 23.1. The number of hydrogen-bond donors (Lipinski definition) is 1. The monoisotopic (exact) mass is 432 g/mol. The Morgan fingerprint density at radius 2 is 1.30 bits per heavy atom. The summed E-state index contributed by atoms with van der Waals surface area (Å²) in [5.74, 6) is 1.24. The van der Waals surface area contributed by atoms with Gasteiger partial charge in [-0.05, 0) is 13.8 Å². The maximum absolute atomic E-state index is 5.01. The Morgan fingerprint density at radius 1 is 0.727 bits per heavy atom. The molecule has 1 aliphatic rings. The maximum atomic E-state index is 5.01. The number of nitrogens with one attached hydrogen (secondary N) is 1. The van der Waals surface area contributed by atoms with Gasteiger partial charge >= 0.3 is 0 Å². The largest absolute Gasteiger partial charge is 0.324 e. The van der Waals surface area contributed by atoms with E-state index >= 15 is 0 Å². The van der Waals surface area contributed by atoms with Crippen molar-refractivity contribution in [3.63, 3.8) is 0 Å². The summed E-state index contributed by atoms with van der Waals surface area (Å²) in [7, 11) is 1.96. The number of aromatic nitrogens is 6. The molecule has 1 aliphatic heterocycles. The third-order valence-corrected chi connectivity index (χ3v) is 5.79. The van der Waals surface area contributed by atoms with Gasteiger partial charge in [-0.25, -0.2) is 19.9 Å². The van der Waals surface area contributed by atoms with Crippen LogP contribution >= 0.6 is 0 Å². The molecule has 0 fully saturated rings. The normalized spacial score (nSPS) is 12.1. The van der Waals surface area contributed by atoms with E-state index in [4.69, 9.17) is 19.9 Å². The molecule has 0 radical (unpaired) electrons. The van der Waals surface area contributed by atoms with E-state index in [0.29, 0.717) is 22.9 Å². The molecule has 3 aromatic heterocycles. The van der Waals surface area contributed by atoms with Crippen molar-refractivity contribution < 1.29 is 0 Å². The van der Waals surface area contributed by atoms with Gasteiger partial charge in [-0.2, -0.15) is 0 Å². The Bertz CT molecular complexity index is 1580. The van der Waals surface area contributed by atoms with Crippen molar-refractivity contribution in [3.05, 3.63) is 71.8 Å². The molecule has 6 heteroatoms. The number of rotatable bonds is 4. The first kappa shape index (κ1) is 20.6. The van der Waals surface area contributed by atoms with Gasteiger partial charge in [0.05, 0.1) is 0 Å². The fourth-order valence-corrected chi connectivity index (χ4v) is 4.30. The average molecular weight is 433 g/mol. The lowest BCUT2D eigenvalue weighted by Crippen LogP contribution is -1.93. The number of fused-ring (bicyclic) bond motifs is 9. The van der Waals surface area contributed by atoms with E-state index in [1.165, 1.54) is 0 Å². The highest BCUT2D eigenvalue weighted by atomic mass is 15.1. The Hall–Kier alpha value is -4.32. The minimum atomic E-state index is 0.616. The van der Waals surface area contributed by atoms with Crippen LogP contribution in [0.15, 0.2) is 49.6 Å². The predicted molar refractivity (Wildman–Crippen MR) is 138 cm³/mol. The Morgan fingerprint density at radius 3 is 1.94 bits per heavy atom. The molecular weight excluding hydrogens is 408 g/mol. The van der Waals surface area contributed by atoms with Crippen molar-refractivity contribution in [2.45, 2.75) is 13.8 Å². The highest BCUT2D eigenvalue weighted by Gasteiger charge is 2.21. The van der Waals surface area contributed by atoms with Crippen LogP contribution < -0.4 is 0 Å². The third kappa shape index (κ3) is 3.10. The van der Waals surface area contributed by atoms with Crippen LogP contribution in [0.5, 0.6) is 0 Å². The molecule has 0 aliphatic carbocycles. The standard InChI is InChI=1S/C27H24N6/c1-6-12-18-16(8-3)22-28-23(18)29-24-19-14-10-11-15-20(19)25(30-24)32-27-21(13-7-2)17(9-4)26(31-22)33(27)5/h6-15H,3-4H2,1-2,5H3,(H,28,29,30,31,32)/b12-6-,13-7-. The summed E-state index contributed by atoms with van der Waals surface area (Å²) in [5.41, 5.74) is 8.40. The molecule has 4 aromatic rings. The molecule has 33 heavy (non-hydrogen) atoms. The number of nitrogens with zero attached hydrogens (tertiary/aromatic N) is 5. The number of hydrogen-bond acceptors (Lipinski definition) is 4. The van der Waals surface area contributed by atoms with Gasteiger partial charge in [-0.15, -0.1) is 0 Å². The first-order valence-corrected chi connectivity index (χ1v) is 10.8. The smallest absolute Gasteiger partial charge is 0.164 e. The van der Waals surface area contributed by atoms with E-state index in [1.54, 1.807) is 6.08 Å². The van der Waals surface area contributed by atoms with Crippen molar-refractivity contribution in [1.82, 2.24) is 29.5 Å². The van der Waals surface area contributed by atoms with Gasteiger partial charge in [0.15, 0.2) is 11.6 Å². The fourth-order valence-electron chi connectivity index (χ4n) is 4.30. The zero-order valence-corrected chi connectivity index (χ0v) is 18.9. The van der Waals surface area contributed by atoms with Crippen molar-refractivity contribution in [1.29, 1.82) is 0 Å². The molecule has 6 nitrogen and oxygen atoms in total. The first-order chi connectivity index (χ1) is 16.1. The molecule has 0 unspecified atom stereocenters. The van der Waals surface area contributed by atoms with Crippen LogP contribution in [0, 0.1) is 0 Å². The van der Waals surface area contributed by atoms with E-state index in [1.807, 2.05) is 80.1 Å². The molecule has 1 aromatic carbocycles. The van der Waals surface area contributed by atoms with Crippen LogP contribution in [0.4, 0.5) is 0 Å². The number of H-pyrrole nitrogens is 1. The van der Waals surface area contributed by atoms with Crippen LogP contribution in [-0.2, 0) is 7.05 Å². The molecule has 0 saturated carbocycles. The number of aromatic amines is 1. The van der Waals surface area contributed by atoms with Crippen LogP contribution in [0.3, 0.4) is 0 Å². The second-order valence-corrected chi connectivity index (χ2v) is 7.73. The van der Waals surface area contributed by atoms with Crippen LogP contribution in [0.1, 0.15) is 36.1 Å². The summed E-state index contributed by atoms with van der Waals surface area (Å²) in [5, 5.41) is 0. The molecule has 6 bridgehead atoms. The average Bonchev–Trinajstić information content (AvgIpc) is 3.41. The molecule has 0 atom stereocenters. The van der Waals surface area contributed by atoms with Crippen LogP contribution in [0.2, 0.25) is 0 Å². The SMILES string of the molecule is C=Cc1c(/C=C\C)c2nc3nc(nc4c(/C=C\C)c(C=C)c(nc1[nH]2)n4C)-c1ccccc1-3. The van der Waals surface area contributed by atoms with Gasteiger partial charge in [-0.1, -0.05) is 73.9 Å². The molecule has 162 valence electrons. The topological polar surface area (TPSA) is 72.3 Å². The highest BCUT2D eigenvalue weighted by molar-refractivity contribution is 5.90. The number of allylic oxidation sites excluding steroid dienone is 2. The van der Waals surface area contributed by atoms with Gasteiger partial charge in [0.2, 0.25) is 0 Å². The summed E-state index contributed by atoms with van der Waals surface area (Å²) >= 11 is 0. The van der Waals surface area contributed by atoms with Crippen LogP contribution in [0.25, 0.3) is 69.7 Å². The second-order valence-electron chi connectivity index (χ2n) is 7.73. The van der Waals surface area contributed by atoms with E-state index in [0.717, 1.165) is 44.7 Å². The van der Waals surface area contributed by atoms with E-state index in [9.17, 15) is 0 Å². The van der Waals surface area contributed by atoms with Crippen molar-refractivity contribution in [3.8, 4) is 22.8 Å². The minimum Gasteiger partial charge on any atom is -0.324 e. The van der Waals surface area contributed by atoms with E-state index in [-0.39, 0.29) is 0 Å². The lowest BCUT2D eigenvalue weighted by atomic mass is 10.1. The van der Waals surface area contributed by atoms with Crippen molar-refractivity contribution in [2.75, 3.05) is 0 Å². The van der Waals surface area contributed by atoms with Crippen LogP contribution in [-0.4, -0.2) is 29.5 Å². The van der Waals surface area contributed by atoms with Gasteiger partial charge in [-0.3, -0.25) is 0 Å². The summed E-state index contributed by atoms with van der Waals surface area (Å²) in [4.78, 5) is 23.2. The maximum Gasteiger partial charge on any atom is 0.164 e. The quantitative estimate of drug-likeness (QED) is 0.358. The Balaban J connectivity index is 2.11. The molecule has 0 amide bonds. The van der Waals surface area contributed by atoms with Gasteiger partial charge in [0, 0.05) is 40.4 Å².